The summed E-state index contributed by atoms with van der Waals surface area (Å²) in [6, 6.07) is 0. The molecule has 0 spiro atoms. The fraction of sp³-hybridized carbons (Fsp3) is 0.750. The number of fused-ring (bicyclic) bond motifs is 5. The Bertz CT molecular complexity index is 664. The van der Waals surface area contributed by atoms with Gasteiger partial charge in [0.1, 0.15) is 0 Å². The average Bonchev–Trinajstić information content (AvgIpc) is 2.74. The summed E-state index contributed by atoms with van der Waals surface area (Å²) in [5, 5.41) is 22.0. The first-order valence-corrected chi connectivity index (χ1v) is 9.54. The average molecular weight is 351 g/mol. The highest BCUT2D eigenvalue weighted by Gasteiger charge is 2.63. The number of hydrogen-bond acceptors (Lipinski definition) is 3. The fourth-order valence-electron chi connectivity index (χ4n) is 6.59. The first-order valence-electron chi connectivity index (χ1n) is 9.16. The Hall–Kier alpha value is -0.640. The van der Waals surface area contributed by atoms with Crippen LogP contribution in [0, 0.1) is 28.6 Å². The number of allylic oxidation sites excluding steroid dienone is 3. The third kappa shape index (κ3) is 1.89. The molecular weight excluding hydrogens is 324 g/mol. The van der Waals surface area contributed by atoms with Gasteiger partial charge in [-0.25, -0.2) is 0 Å². The minimum absolute atomic E-state index is 0.0799. The molecule has 0 aromatic heterocycles. The molecular formula is C20H27ClO3. The van der Waals surface area contributed by atoms with Gasteiger partial charge in [0.15, 0.2) is 5.78 Å². The zero-order valence-electron chi connectivity index (χ0n) is 14.7. The zero-order valence-corrected chi connectivity index (χ0v) is 15.4. The molecule has 4 aliphatic carbocycles. The SMILES string of the molecule is C[C@]12C=CC(=O)C(Cl)=C1[C@H](O)C[C@@H]1[C@@H]2CC[C@@]2(C)[C@H]1CC[C@]2(C)O. The van der Waals surface area contributed by atoms with Crippen LogP contribution in [0.2, 0.25) is 0 Å². The highest BCUT2D eigenvalue weighted by Crippen LogP contribution is 2.67. The van der Waals surface area contributed by atoms with Gasteiger partial charge in [0.25, 0.3) is 0 Å². The summed E-state index contributed by atoms with van der Waals surface area (Å²) in [6.07, 6.45) is 7.40. The second-order valence-electron chi connectivity index (χ2n) is 9.10. The number of halogens is 1. The minimum atomic E-state index is -0.662. The molecule has 0 saturated heterocycles. The number of rotatable bonds is 0. The fourth-order valence-corrected chi connectivity index (χ4v) is 6.98. The maximum absolute atomic E-state index is 12.0. The van der Waals surface area contributed by atoms with Crippen LogP contribution >= 0.6 is 11.6 Å². The van der Waals surface area contributed by atoms with Gasteiger partial charge >= 0.3 is 0 Å². The number of carbonyl (C=O) groups excluding carboxylic acids is 1. The van der Waals surface area contributed by atoms with Crippen LogP contribution in [-0.4, -0.2) is 27.7 Å². The van der Waals surface area contributed by atoms with E-state index in [9.17, 15) is 15.0 Å². The lowest BCUT2D eigenvalue weighted by Crippen LogP contribution is -2.55. The largest absolute Gasteiger partial charge is 0.390 e. The van der Waals surface area contributed by atoms with E-state index in [0.29, 0.717) is 24.2 Å². The van der Waals surface area contributed by atoms with Crippen molar-refractivity contribution in [2.75, 3.05) is 0 Å². The Morgan fingerprint density at radius 1 is 1.17 bits per heavy atom. The van der Waals surface area contributed by atoms with Gasteiger partial charge in [0.05, 0.1) is 16.7 Å². The van der Waals surface area contributed by atoms with E-state index in [1.807, 2.05) is 13.0 Å². The predicted molar refractivity (Wildman–Crippen MR) is 93.4 cm³/mol. The Morgan fingerprint density at radius 2 is 1.83 bits per heavy atom. The van der Waals surface area contributed by atoms with Gasteiger partial charge in [-0.05, 0) is 73.8 Å². The van der Waals surface area contributed by atoms with Gasteiger partial charge < -0.3 is 10.2 Å². The molecule has 0 aromatic rings. The number of ketones is 1. The predicted octanol–water partition coefficient (Wildman–Crippen LogP) is 3.58. The minimum Gasteiger partial charge on any atom is -0.390 e. The van der Waals surface area contributed by atoms with E-state index in [1.165, 1.54) is 0 Å². The van der Waals surface area contributed by atoms with Crippen LogP contribution in [-0.2, 0) is 4.79 Å². The van der Waals surface area contributed by atoms with Crippen LogP contribution in [0.25, 0.3) is 0 Å². The third-order valence-electron chi connectivity index (χ3n) is 8.21. The summed E-state index contributed by atoms with van der Waals surface area (Å²) in [5.74, 6) is 0.972. The first kappa shape index (κ1) is 16.8. The lowest BCUT2D eigenvalue weighted by molar-refractivity contribution is -0.122. The molecule has 0 unspecified atom stereocenters. The van der Waals surface area contributed by atoms with Crippen LogP contribution < -0.4 is 0 Å². The van der Waals surface area contributed by atoms with Crippen LogP contribution in [0.1, 0.15) is 52.9 Å². The molecule has 0 amide bonds. The Labute approximate surface area is 148 Å². The maximum Gasteiger partial charge on any atom is 0.196 e. The molecule has 132 valence electrons. The van der Waals surface area contributed by atoms with Crippen molar-refractivity contribution in [2.24, 2.45) is 28.6 Å². The number of carbonyl (C=O) groups is 1. The van der Waals surface area contributed by atoms with Crippen LogP contribution in [0.3, 0.4) is 0 Å². The van der Waals surface area contributed by atoms with Crippen molar-refractivity contribution in [1.29, 1.82) is 0 Å². The van der Waals surface area contributed by atoms with E-state index in [1.54, 1.807) is 6.08 Å². The van der Waals surface area contributed by atoms with Crippen molar-refractivity contribution in [2.45, 2.75) is 64.6 Å². The molecule has 3 nitrogen and oxygen atoms in total. The van der Waals surface area contributed by atoms with E-state index in [4.69, 9.17) is 11.6 Å². The molecule has 4 rings (SSSR count). The summed E-state index contributed by atoms with van der Waals surface area (Å²) in [6.45, 7) is 6.34. The van der Waals surface area contributed by atoms with Gasteiger partial charge in [-0.15, -0.1) is 0 Å². The van der Waals surface area contributed by atoms with Crippen LogP contribution in [0.15, 0.2) is 22.8 Å². The summed E-state index contributed by atoms with van der Waals surface area (Å²) in [5.41, 5.74) is -0.320. The normalized spacial score (nSPS) is 53.7. The number of aliphatic hydroxyl groups excluding tert-OH is 1. The van der Waals surface area contributed by atoms with Crippen LogP contribution in [0.4, 0.5) is 0 Å². The van der Waals surface area contributed by atoms with E-state index in [2.05, 4.69) is 13.8 Å². The molecule has 7 atom stereocenters. The molecule has 4 heteroatoms. The summed E-state index contributed by atoms with van der Waals surface area (Å²) in [4.78, 5) is 12.0. The smallest absolute Gasteiger partial charge is 0.196 e. The van der Waals surface area contributed by atoms with Crippen LogP contribution in [0.5, 0.6) is 0 Å². The summed E-state index contributed by atoms with van der Waals surface area (Å²) in [7, 11) is 0. The summed E-state index contributed by atoms with van der Waals surface area (Å²) < 4.78 is 0. The lowest BCUT2D eigenvalue weighted by atomic mass is 9.47. The highest BCUT2D eigenvalue weighted by atomic mass is 35.5. The van der Waals surface area contributed by atoms with Crippen molar-refractivity contribution >= 4 is 17.4 Å². The van der Waals surface area contributed by atoms with Crippen molar-refractivity contribution in [3.05, 3.63) is 22.8 Å². The first-order chi connectivity index (χ1) is 11.1. The molecule has 24 heavy (non-hydrogen) atoms. The Morgan fingerprint density at radius 3 is 2.54 bits per heavy atom. The van der Waals surface area contributed by atoms with E-state index in [-0.39, 0.29) is 21.6 Å². The maximum atomic E-state index is 12.0. The summed E-state index contributed by atoms with van der Waals surface area (Å²) >= 11 is 6.32. The highest BCUT2D eigenvalue weighted by molar-refractivity contribution is 6.45. The standard InChI is InChI=1S/C20H27ClO3/c1-18-7-6-14(22)17(21)16(18)15(23)10-11-12(18)4-8-19(2)13(11)5-9-20(19,3)24/h6-7,11-13,15,23-24H,4-5,8-10H2,1-3H3/t11-,12+,13+,15-,18-,19+,20+/m1/s1. The van der Waals surface area contributed by atoms with E-state index >= 15 is 0 Å². The van der Waals surface area contributed by atoms with E-state index in [0.717, 1.165) is 31.3 Å². The van der Waals surface area contributed by atoms with Gasteiger partial charge in [-0.3, -0.25) is 4.79 Å². The van der Waals surface area contributed by atoms with Crippen molar-refractivity contribution in [3.63, 3.8) is 0 Å². The van der Waals surface area contributed by atoms with Crippen molar-refractivity contribution in [1.82, 2.24) is 0 Å². The topological polar surface area (TPSA) is 57.5 Å². The molecule has 4 aliphatic rings. The van der Waals surface area contributed by atoms with Gasteiger partial charge in [0, 0.05) is 5.41 Å². The lowest BCUT2D eigenvalue weighted by Gasteiger charge is -2.58. The van der Waals surface area contributed by atoms with Gasteiger partial charge in [0.2, 0.25) is 0 Å². The monoisotopic (exact) mass is 350 g/mol. The third-order valence-corrected chi connectivity index (χ3v) is 8.60. The molecule has 0 heterocycles. The Kier molecular flexibility index (Phi) is 3.47. The van der Waals surface area contributed by atoms with Gasteiger partial charge in [-0.2, -0.15) is 0 Å². The molecule has 3 fully saturated rings. The quantitative estimate of drug-likeness (QED) is 0.702. The van der Waals surface area contributed by atoms with Crippen molar-refractivity contribution < 1.29 is 15.0 Å². The molecule has 0 bridgehead atoms. The number of hydrogen-bond donors (Lipinski definition) is 2. The second kappa shape index (κ2) is 4.96. The molecule has 3 saturated carbocycles. The van der Waals surface area contributed by atoms with E-state index < -0.39 is 11.7 Å². The van der Waals surface area contributed by atoms with Gasteiger partial charge in [-0.1, -0.05) is 31.5 Å². The second-order valence-corrected chi connectivity index (χ2v) is 9.48. The molecule has 0 radical (unpaired) electrons. The Balaban J connectivity index is 1.78. The zero-order chi connectivity index (χ0) is 17.5. The molecule has 2 N–H and O–H groups in total. The van der Waals surface area contributed by atoms with Crippen molar-refractivity contribution in [3.8, 4) is 0 Å². The number of aliphatic hydroxyl groups is 2. The molecule has 0 aliphatic heterocycles. The molecule has 0 aromatic carbocycles.